The maximum absolute atomic E-state index is 9.70. The molecule has 0 radical (unpaired) electrons. The third-order valence-corrected chi connectivity index (χ3v) is 2.18. The predicted octanol–water partition coefficient (Wildman–Crippen LogP) is 0.674. The summed E-state index contributed by atoms with van der Waals surface area (Å²) in [5.41, 5.74) is 6.68. The van der Waals surface area contributed by atoms with Crippen LogP contribution in [0, 0.1) is 0 Å². The number of imidazole rings is 1. The summed E-state index contributed by atoms with van der Waals surface area (Å²) in [4.78, 5) is 4.12. The molecule has 0 aliphatic carbocycles. The molecule has 0 aliphatic rings. The predicted molar refractivity (Wildman–Crippen MR) is 51.1 cm³/mol. The Hall–Kier alpha value is -0.870. The van der Waals surface area contributed by atoms with E-state index in [1.165, 1.54) is 0 Å². The standard InChI is InChI=1S/C9H17N3O/c1-3-7-5-12(6-11-7)9(13)8(10)4-2/h5-6,8-9,13H,3-4,10H2,1-2H3. The van der Waals surface area contributed by atoms with Crippen LogP contribution in [0.4, 0.5) is 0 Å². The molecule has 3 N–H and O–H groups in total. The molecule has 0 fully saturated rings. The summed E-state index contributed by atoms with van der Waals surface area (Å²) in [6, 6.07) is -0.223. The van der Waals surface area contributed by atoms with Crippen molar-refractivity contribution in [2.45, 2.75) is 39.0 Å². The lowest BCUT2D eigenvalue weighted by Gasteiger charge is -2.17. The lowest BCUT2D eigenvalue weighted by Crippen LogP contribution is -2.30. The third kappa shape index (κ3) is 2.29. The van der Waals surface area contributed by atoms with Gasteiger partial charge in [-0.25, -0.2) is 4.98 Å². The van der Waals surface area contributed by atoms with E-state index in [1.807, 2.05) is 20.0 Å². The molecule has 1 rings (SSSR count). The lowest BCUT2D eigenvalue weighted by atomic mass is 10.2. The number of aliphatic hydroxyl groups is 1. The number of hydrogen-bond acceptors (Lipinski definition) is 3. The van der Waals surface area contributed by atoms with Crippen molar-refractivity contribution in [3.63, 3.8) is 0 Å². The second-order valence-corrected chi connectivity index (χ2v) is 3.15. The second-order valence-electron chi connectivity index (χ2n) is 3.15. The topological polar surface area (TPSA) is 64.1 Å². The largest absolute Gasteiger partial charge is 0.372 e. The number of rotatable bonds is 4. The van der Waals surface area contributed by atoms with Crippen LogP contribution in [0.15, 0.2) is 12.5 Å². The van der Waals surface area contributed by atoms with E-state index in [0.717, 1.165) is 18.5 Å². The summed E-state index contributed by atoms with van der Waals surface area (Å²) in [5.74, 6) is 0. The molecule has 1 heterocycles. The van der Waals surface area contributed by atoms with Crippen molar-refractivity contribution < 1.29 is 5.11 Å². The second kappa shape index (κ2) is 4.39. The van der Waals surface area contributed by atoms with Crippen LogP contribution in [0.5, 0.6) is 0 Å². The molecule has 2 unspecified atom stereocenters. The Bertz CT molecular complexity index is 259. The van der Waals surface area contributed by atoms with E-state index in [-0.39, 0.29) is 6.04 Å². The van der Waals surface area contributed by atoms with Crippen molar-refractivity contribution >= 4 is 0 Å². The SMILES string of the molecule is CCc1cn(C(O)C(N)CC)cn1. The van der Waals surface area contributed by atoms with Gasteiger partial charge in [0.2, 0.25) is 0 Å². The van der Waals surface area contributed by atoms with E-state index in [9.17, 15) is 5.11 Å². The number of hydrogen-bond donors (Lipinski definition) is 2. The van der Waals surface area contributed by atoms with Crippen molar-refractivity contribution in [3.05, 3.63) is 18.2 Å². The minimum absolute atomic E-state index is 0.223. The fourth-order valence-corrected chi connectivity index (χ4v) is 1.14. The monoisotopic (exact) mass is 183 g/mol. The molecule has 2 atom stereocenters. The normalized spacial score (nSPS) is 15.7. The average Bonchev–Trinajstić information content (AvgIpc) is 2.63. The van der Waals surface area contributed by atoms with Gasteiger partial charge in [0.25, 0.3) is 0 Å². The van der Waals surface area contributed by atoms with Gasteiger partial charge in [-0.1, -0.05) is 13.8 Å². The zero-order valence-electron chi connectivity index (χ0n) is 8.14. The molecule has 0 aromatic carbocycles. The van der Waals surface area contributed by atoms with Gasteiger partial charge in [-0.3, -0.25) is 0 Å². The van der Waals surface area contributed by atoms with Crippen molar-refractivity contribution in [2.24, 2.45) is 5.73 Å². The number of nitrogens with zero attached hydrogens (tertiary/aromatic N) is 2. The third-order valence-electron chi connectivity index (χ3n) is 2.18. The van der Waals surface area contributed by atoms with E-state index < -0.39 is 6.23 Å². The van der Waals surface area contributed by atoms with Gasteiger partial charge in [0.15, 0.2) is 0 Å². The highest BCUT2D eigenvalue weighted by atomic mass is 16.3. The molecule has 1 aromatic heterocycles. The van der Waals surface area contributed by atoms with Crippen LogP contribution in [0.2, 0.25) is 0 Å². The van der Waals surface area contributed by atoms with Crippen LogP contribution >= 0.6 is 0 Å². The van der Waals surface area contributed by atoms with Gasteiger partial charge in [-0.15, -0.1) is 0 Å². The van der Waals surface area contributed by atoms with Crippen molar-refractivity contribution in [1.82, 2.24) is 9.55 Å². The van der Waals surface area contributed by atoms with Crippen LogP contribution in [-0.4, -0.2) is 20.7 Å². The van der Waals surface area contributed by atoms with Crippen LogP contribution in [-0.2, 0) is 6.42 Å². The fourth-order valence-electron chi connectivity index (χ4n) is 1.14. The zero-order chi connectivity index (χ0) is 9.84. The van der Waals surface area contributed by atoms with E-state index in [2.05, 4.69) is 4.98 Å². The highest BCUT2D eigenvalue weighted by molar-refractivity contribution is 4.97. The molecule has 4 nitrogen and oxygen atoms in total. The first kappa shape index (κ1) is 10.2. The maximum Gasteiger partial charge on any atom is 0.146 e. The van der Waals surface area contributed by atoms with Crippen molar-refractivity contribution in [2.75, 3.05) is 0 Å². The smallest absolute Gasteiger partial charge is 0.146 e. The summed E-state index contributed by atoms with van der Waals surface area (Å²) in [7, 11) is 0. The van der Waals surface area contributed by atoms with Crippen molar-refractivity contribution in [3.8, 4) is 0 Å². The molecule has 0 bridgehead atoms. The summed E-state index contributed by atoms with van der Waals surface area (Å²) in [6.45, 7) is 3.98. The minimum atomic E-state index is -0.655. The van der Waals surface area contributed by atoms with Crippen LogP contribution in [0.3, 0.4) is 0 Å². The van der Waals surface area contributed by atoms with Crippen molar-refractivity contribution in [1.29, 1.82) is 0 Å². The first-order valence-electron chi connectivity index (χ1n) is 4.65. The molecule has 1 aromatic rings. The van der Waals surface area contributed by atoms with Crippen LogP contribution in [0.1, 0.15) is 32.2 Å². The molecular formula is C9H17N3O. The maximum atomic E-state index is 9.70. The Morgan fingerprint density at radius 3 is 2.77 bits per heavy atom. The van der Waals surface area contributed by atoms with Crippen LogP contribution in [0.25, 0.3) is 0 Å². The quantitative estimate of drug-likeness (QED) is 0.721. The first-order chi connectivity index (χ1) is 6.19. The Labute approximate surface area is 78.4 Å². The fraction of sp³-hybridized carbons (Fsp3) is 0.667. The summed E-state index contributed by atoms with van der Waals surface area (Å²) in [6.07, 6.45) is 4.43. The van der Waals surface area contributed by atoms with Crippen LogP contribution < -0.4 is 5.73 Å². The van der Waals surface area contributed by atoms with Gasteiger partial charge in [0, 0.05) is 12.2 Å². The first-order valence-corrected chi connectivity index (χ1v) is 4.65. The molecule has 74 valence electrons. The Kier molecular flexibility index (Phi) is 3.45. The van der Waals surface area contributed by atoms with Gasteiger partial charge in [0.1, 0.15) is 6.23 Å². The summed E-state index contributed by atoms with van der Waals surface area (Å²) >= 11 is 0. The minimum Gasteiger partial charge on any atom is -0.372 e. The van der Waals surface area contributed by atoms with E-state index in [4.69, 9.17) is 5.73 Å². The number of aliphatic hydroxyl groups excluding tert-OH is 1. The molecule has 0 amide bonds. The number of aryl methyl sites for hydroxylation is 1. The highest BCUT2D eigenvalue weighted by Gasteiger charge is 2.14. The summed E-state index contributed by atoms with van der Waals surface area (Å²) in [5, 5.41) is 9.70. The Morgan fingerprint density at radius 1 is 1.62 bits per heavy atom. The molecule has 0 aliphatic heterocycles. The van der Waals surface area contributed by atoms with Gasteiger partial charge in [-0.05, 0) is 12.8 Å². The van der Waals surface area contributed by atoms with E-state index in [0.29, 0.717) is 0 Å². The van der Waals surface area contributed by atoms with Gasteiger partial charge in [-0.2, -0.15) is 0 Å². The molecule has 4 heteroatoms. The zero-order valence-corrected chi connectivity index (χ0v) is 8.14. The van der Waals surface area contributed by atoms with Gasteiger partial charge >= 0.3 is 0 Å². The molecule has 0 saturated heterocycles. The molecule has 0 saturated carbocycles. The average molecular weight is 183 g/mol. The lowest BCUT2D eigenvalue weighted by molar-refractivity contribution is 0.0741. The summed E-state index contributed by atoms with van der Waals surface area (Å²) < 4.78 is 1.66. The van der Waals surface area contributed by atoms with E-state index in [1.54, 1.807) is 10.9 Å². The molecule has 13 heavy (non-hydrogen) atoms. The molecule has 0 spiro atoms. The number of nitrogens with two attached hydrogens (primary N) is 1. The highest BCUT2D eigenvalue weighted by Crippen LogP contribution is 2.10. The number of aromatic nitrogens is 2. The van der Waals surface area contributed by atoms with E-state index >= 15 is 0 Å². The Morgan fingerprint density at radius 2 is 2.31 bits per heavy atom. The van der Waals surface area contributed by atoms with Gasteiger partial charge in [0.05, 0.1) is 12.0 Å². The molecular weight excluding hydrogens is 166 g/mol. The Balaban J connectivity index is 2.70. The van der Waals surface area contributed by atoms with Gasteiger partial charge < -0.3 is 15.4 Å².